The van der Waals surface area contributed by atoms with Crippen LogP contribution in [0.5, 0.6) is 0 Å². The number of rotatable bonds is 9. The summed E-state index contributed by atoms with van der Waals surface area (Å²) in [6.07, 6.45) is 9.68. The van der Waals surface area contributed by atoms with Gasteiger partial charge in [0.1, 0.15) is 6.54 Å². The van der Waals surface area contributed by atoms with Gasteiger partial charge < -0.3 is 14.4 Å². The van der Waals surface area contributed by atoms with E-state index in [0.29, 0.717) is 6.54 Å². The van der Waals surface area contributed by atoms with Crippen LogP contribution < -0.4 is 0 Å². The SMILES string of the molecule is CC(C)N(Cc1cccn1Cc1ccccc1)C(=O)CN(C(=O)C1CC1)C1CCCCC1. The van der Waals surface area contributed by atoms with Crippen LogP contribution in [0.25, 0.3) is 0 Å². The van der Waals surface area contributed by atoms with Gasteiger partial charge in [-0.1, -0.05) is 49.6 Å². The van der Waals surface area contributed by atoms with E-state index in [0.717, 1.165) is 50.8 Å². The van der Waals surface area contributed by atoms with E-state index in [9.17, 15) is 9.59 Å². The van der Waals surface area contributed by atoms with Gasteiger partial charge in [-0.25, -0.2) is 0 Å². The van der Waals surface area contributed by atoms with Crippen molar-refractivity contribution in [2.45, 2.75) is 84.0 Å². The Bertz CT molecular complexity index is 895. The standard InChI is InChI=1S/C27H37N3O2/c1-21(2)29(19-25-14-9-17-28(25)18-22-10-5-3-6-11-22)26(31)20-30(27(32)23-15-16-23)24-12-7-4-8-13-24/h3,5-6,9-11,14,17,21,23-24H,4,7-8,12-13,15-16,18-20H2,1-2H3. The van der Waals surface area contributed by atoms with Crippen LogP contribution in [-0.4, -0.2) is 44.8 Å². The molecule has 0 atom stereocenters. The molecule has 5 heteroatoms. The molecule has 1 aromatic heterocycles. The van der Waals surface area contributed by atoms with E-state index in [4.69, 9.17) is 0 Å². The normalized spacial score (nSPS) is 16.8. The summed E-state index contributed by atoms with van der Waals surface area (Å²) in [5.74, 6) is 0.425. The molecule has 0 aliphatic heterocycles. The maximum Gasteiger partial charge on any atom is 0.242 e. The van der Waals surface area contributed by atoms with Crippen LogP contribution in [0.2, 0.25) is 0 Å². The summed E-state index contributed by atoms with van der Waals surface area (Å²) in [5, 5.41) is 0. The van der Waals surface area contributed by atoms with Crippen molar-refractivity contribution in [3.8, 4) is 0 Å². The zero-order valence-corrected chi connectivity index (χ0v) is 19.6. The molecule has 5 nitrogen and oxygen atoms in total. The van der Waals surface area contributed by atoms with Crippen molar-refractivity contribution in [2.24, 2.45) is 5.92 Å². The molecule has 2 aromatic rings. The average Bonchev–Trinajstić information content (AvgIpc) is 3.57. The molecule has 2 fully saturated rings. The monoisotopic (exact) mass is 435 g/mol. The molecule has 2 aliphatic rings. The van der Waals surface area contributed by atoms with E-state index in [-0.39, 0.29) is 36.4 Å². The topological polar surface area (TPSA) is 45.6 Å². The fraction of sp³-hybridized carbons (Fsp3) is 0.556. The van der Waals surface area contributed by atoms with Crippen LogP contribution in [0, 0.1) is 5.92 Å². The summed E-state index contributed by atoms with van der Waals surface area (Å²) in [7, 11) is 0. The van der Waals surface area contributed by atoms with Gasteiger partial charge in [-0.15, -0.1) is 0 Å². The molecule has 0 N–H and O–H groups in total. The third kappa shape index (κ3) is 5.62. The number of benzene rings is 1. The van der Waals surface area contributed by atoms with Crippen LogP contribution in [0.4, 0.5) is 0 Å². The Balaban J connectivity index is 1.46. The second-order valence-electron chi connectivity index (χ2n) is 9.76. The van der Waals surface area contributed by atoms with E-state index < -0.39 is 0 Å². The quantitative estimate of drug-likeness (QED) is 0.565. The summed E-state index contributed by atoms with van der Waals surface area (Å²) in [6.45, 7) is 5.70. The van der Waals surface area contributed by atoms with E-state index in [1.165, 1.54) is 12.0 Å². The van der Waals surface area contributed by atoms with Crippen molar-refractivity contribution < 1.29 is 9.59 Å². The van der Waals surface area contributed by atoms with Crippen LogP contribution in [0.15, 0.2) is 48.7 Å². The summed E-state index contributed by atoms with van der Waals surface area (Å²) in [6, 6.07) is 14.8. The molecule has 1 aromatic carbocycles. The van der Waals surface area contributed by atoms with Crippen molar-refractivity contribution in [1.82, 2.24) is 14.4 Å². The molecule has 2 aliphatic carbocycles. The Morgan fingerprint density at radius 1 is 0.969 bits per heavy atom. The maximum atomic E-state index is 13.5. The lowest BCUT2D eigenvalue weighted by atomic mass is 9.93. The highest BCUT2D eigenvalue weighted by Crippen LogP contribution is 2.34. The van der Waals surface area contributed by atoms with Crippen molar-refractivity contribution in [3.63, 3.8) is 0 Å². The van der Waals surface area contributed by atoms with Crippen molar-refractivity contribution in [3.05, 3.63) is 59.9 Å². The van der Waals surface area contributed by atoms with Crippen molar-refractivity contribution in [1.29, 1.82) is 0 Å². The molecule has 2 amide bonds. The van der Waals surface area contributed by atoms with Gasteiger partial charge in [0.15, 0.2) is 0 Å². The highest BCUT2D eigenvalue weighted by Gasteiger charge is 2.38. The second kappa shape index (κ2) is 10.4. The predicted octanol–water partition coefficient (Wildman–Crippen LogP) is 4.84. The lowest BCUT2D eigenvalue weighted by Gasteiger charge is -2.36. The molecule has 0 spiro atoms. The molecular weight excluding hydrogens is 398 g/mol. The first-order valence-electron chi connectivity index (χ1n) is 12.3. The minimum absolute atomic E-state index is 0.0621. The molecule has 0 bridgehead atoms. The predicted molar refractivity (Wildman–Crippen MR) is 127 cm³/mol. The van der Waals surface area contributed by atoms with Gasteiger partial charge >= 0.3 is 0 Å². The molecule has 1 heterocycles. The zero-order chi connectivity index (χ0) is 22.5. The summed E-state index contributed by atoms with van der Waals surface area (Å²) in [4.78, 5) is 30.4. The maximum absolute atomic E-state index is 13.5. The zero-order valence-electron chi connectivity index (χ0n) is 19.6. The van der Waals surface area contributed by atoms with Gasteiger partial charge in [-0.05, 0) is 57.2 Å². The van der Waals surface area contributed by atoms with Crippen LogP contribution >= 0.6 is 0 Å². The molecule has 172 valence electrons. The third-order valence-electron chi connectivity index (χ3n) is 6.93. The number of aromatic nitrogens is 1. The first-order valence-corrected chi connectivity index (χ1v) is 12.3. The summed E-state index contributed by atoms with van der Waals surface area (Å²) < 4.78 is 2.21. The van der Waals surface area contributed by atoms with Gasteiger partial charge in [-0.2, -0.15) is 0 Å². The highest BCUT2D eigenvalue weighted by atomic mass is 16.2. The van der Waals surface area contributed by atoms with Crippen molar-refractivity contribution >= 4 is 11.8 Å². The fourth-order valence-corrected chi connectivity index (χ4v) is 4.84. The average molecular weight is 436 g/mol. The van der Waals surface area contributed by atoms with Gasteiger partial charge in [0.25, 0.3) is 0 Å². The van der Waals surface area contributed by atoms with Crippen LogP contribution in [-0.2, 0) is 22.7 Å². The Kier molecular flexibility index (Phi) is 7.33. The number of hydrogen-bond acceptors (Lipinski definition) is 2. The van der Waals surface area contributed by atoms with Crippen LogP contribution in [0.3, 0.4) is 0 Å². The van der Waals surface area contributed by atoms with Crippen LogP contribution in [0.1, 0.15) is 70.1 Å². The van der Waals surface area contributed by atoms with Gasteiger partial charge in [0, 0.05) is 36.4 Å². The van der Waals surface area contributed by atoms with Crippen molar-refractivity contribution in [2.75, 3.05) is 6.54 Å². The minimum Gasteiger partial charge on any atom is -0.345 e. The van der Waals surface area contributed by atoms with Gasteiger partial charge in [0.05, 0.1) is 6.54 Å². The smallest absolute Gasteiger partial charge is 0.242 e. The molecule has 0 unspecified atom stereocenters. The molecule has 0 saturated heterocycles. The Morgan fingerprint density at radius 3 is 2.34 bits per heavy atom. The van der Waals surface area contributed by atoms with E-state index in [2.05, 4.69) is 54.9 Å². The number of amides is 2. The molecule has 0 radical (unpaired) electrons. The highest BCUT2D eigenvalue weighted by molar-refractivity contribution is 5.87. The Morgan fingerprint density at radius 2 is 1.69 bits per heavy atom. The van der Waals surface area contributed by atoms with Gasteiger partial charge in [-0.3, -0.25) is 9.59 Å². The third-order valence-corrected chi connectivity index (χ3v) is 6.93. The van der Waals surface area contributed by atoms with E-state index >= 15 is 0 Å². The van der Waals surface area contributed by atoms with E-state index in [1.54, 1.807) is 0 Å². The summed E-state index contributed by atoms with van der Waals surface area (Å²) >= 11 is 0. The minimum atomic E-state index is 0.0621. The number of carbonyl (C=O) groups is 2. The number of hydrogen-bond donors (Lipinski definition) is 0. The fourth-order valence-electron chi connectivity index (χ4n) is 4.84. The van der Waals surface area contributed by atoms with E-state index in [1.807, 2.05) is 21.9 Å². The molecule has 2 saturated carbocycles. The van der Waals surface area contributed by atoms with Gasteiger partial charge in [0.2, 0.25) is 11.8 Å². The molecule has 4 rings (SSSR count). The first-order chi connectivity index (χ1) is 15.5. The number of carbonyl (C=O) groups excluding carboxylic acids is 2. The Hall–Kier alpha value is -2.56. The lowest BCUT2D eigenvalue weighted by molar-refractivity contribution is -0.145. The Labute approximate surface area is 192 Å². The first kappa shape index (κ1) is 22.6. The molecule has 32 heavy (non-hydrogen) atoms. The summed E-state index contributed by atoms with van der Waals surface area (Å²) in [5.41, 5.74) is 2.36. The molecular formula is C27H37N3O2. The second-order valence-corrected chi connectivity index (χ2v) is 9.76. The largest absolute Gasteiger partial charge is 0.345 e. The lowest BCUT2D eigenvalue weighted by Crippen LogP contribution is -2.50. The number of nitrogens with zero attached hydrogens (tertiary/aromatic N) is 3.